The number of benzene rings is 1. The van der Waals surface area contributed by atoms with Gasteiger partial charge in [-0.2, -0.15) is 0 Å². The number of aliphatic carboxylic acids is 1. The van der Waals surface area contributed by atoms with E-state index in [9.17, 15) is 9.59 Å². The predicted octanol–water partition coefficient (Wildman–Crippen LogP) is 0.401. The average Bonchev–Trinajstić information content (AvgIpc) is 2.75. The molecule has 0 saturated heterocycles. The van der Waals surface area contributed by atoms with Crippen LogP contribution in [-0.2, 0) is 16.1 Å². The van der Waals surface area contributed by atoms with Gasteiger partial charge in [0.25, 0.3) is 5.91 Å². The largest absolute Gasteiger partial charge is 0.479 e. The molecule has 17 heavy (non-hydrogen) atoms. The van der Waals surface area contributed by atoms with Gasteiger partial charge in [-0.05, 0) is 30.2 Å². The first kappa shape index (κ1) is 11.4. The summed E-state index contributed by atoms with van der Waals surface area (Å²) in [7, 11) is 0. The van der Waals surface area contributed by atoms with Gasteiger partial charge in [0.1, 0.15) is 0 Å². The Morgan fingerprint density at radius 3 is 3.06 bits per heavy atom. The summed E-state index contributed by atoms with van der Waals surface area (Å²) in [6, 6.07) is 5.26. The van der Waals surface area contributed by atoms with Crippen molar-refractivity contribution in [2.45, 2.75) is 6.42 Å². The van der Waals surface area contributed by atoms with E-state index in [1.807, 2.05) is 6.07 Å². The number of fused-ring (bicyclic) bond motifs is 1. The standard InChI is InChI=1S/C11H12N2O4/c14-10(15)6-17-13-11(16)8-1-2-9-7(5-8)3-4-12-9/h1-2,5,12H,3-4,6H2,(H,13,16)(H,14,15). The van der Waals surface area contributed by atoms with Crippen molar-refractivity contribution in [3.63, 3.8) is 0 Å². The van der Waals surface area contributed by atoms with E-state index >= 15 is 0 Å². The molecule has 0 atom stereocenters. The Labute approximate surface area is 97.5 Å². The number of nitrogens with one attached hydrogen (secondary N) is 2. The molecule has 0 unspecified atom stereocenters. The lowest BCUT2D eigenvalue weighted by Gasteiger charge is -2.05. The van der Waals surface area contributed by atoms with Gasteiger partial charge in [-0.3, -0.25) is 9.63 Å². The number of hydrogen-bond acceptors (Lipinski definition) is 4. The van der Waals surface area contributed by atoms with Crippen molar-refractivity contribution < 1.29 is 19.5 Å². The highest BCUT2D eigenvalue weighted by molar-refractivity contribution is 5.94. The fourth-order valence-corrected chi connectivity index (χ4v) is 1.67. The smallest absolute Gasteiger partial charge is 0.332 e. The summed E-state index contributed by atoms with van der Waals surface area (Å²) in [4.78, 5) is 26.3. The molecule has 1 aliphatic rings. The molecule has 0 bridgehead atoms. The van der Waals surface area contributed by atoms with Crippen molar-refractivity contribution in [2.75, 3.05) is 18.5 Å². The topological polar surface area (TPSA) is 87.7 Å². The minimum Gasteiger partial charge on any atom is -0.479 e. The number of hydroxylamine groups is 1. The Kier molecular flexibility index (Phi) is 3.24. The molecule has 0 radical (unpaired) electrons. The Morgan fingerprint density at radius 1 is 1.47 bits per heavy atom. The first-order valence-electron chi connectivity index (χ1n) is 5.17. The molecule has 90 valence electrons. The Morgan fingerprint density at radius 2 is 2.29 bits per heavy atom. The second-order valence-electron chi connectivity index (χ2n) is 3.66. The van der Waals surface area contributed by atoms with Crippen molar-refractivity contribution in [3.05, 3.63) is 29.3 Å². The van der Waals surface area contributed by atoms with Crippen LogP contribution in [0.2, 0.25) is 0 Å². The van der Waals surface area contributed by atoms with Crippen LogP contribution in [0.5, 0.6) is 0 Å². The first-order chi connectivity index (χ1) is 8.16. The Hall–Kier alpha value is -2.08. The molecular formula is C11H12N2O4. The lowest BCUT2D eigenvalue weighted by molar-refractivity contribution is -0.144. The van der Waals surface area contributed by atoms with Crippen molar-refractivity contribution in [1.82, 2.24) is 5.48 Å². The minimum atomic E-state index is -1.14. The van der Waals surface area contributed by atoms with Crippen molar-refractivity contribution in [3.8, 4) is 0 Å². The van der Waals surface area contributed by atoms with E-state index < -0.39 is 18.5 Å². The van der Waals surface area contributed by atoms with Gasteiger partial charge in [0.2, 0.25) is 0 Å². The molecule has 1 aliphatic heterocycles. The molecule has 6 heteroatoms. The van der Waals surface area contributed by atoms with Gasteiger partial charge < -0.3 is 10.4 Å². The van der Waals surface area contributed by atoms with E-state index in [0.29, 0.717) is 5.56 Å². The Balaban J connectivity index is 1.97. The summed E-state index contributed by atoms with van der Waals surface area (Å²) in [6.45, 7) is 0.314. The van der Waals surface area contributed by atoms with Crippen LogP contribution < -0.4 is 10.8 Å². The van der Waals surface area contributed by atoms with Crippen LogP contribution in [-0.4, -0.2) is 30.1 Å². The molecule has 0 spiro atoms. The van der Waals surface area contributed by atoms with E-state index in [4.69, 9.17) is 5.11 Å². The summed E-state index contributed by atoms with van der Waals surface area (Å²) < 4.78 is 0. The number of amides is 1. The quantitative estimate of drug-likeness (QED) is 0.659. The fraction of sp³-hybridized carbons (Fsp3) is 0.273. The van der Waals surface area contributed by atoms with Gasteiger partial charge in [-0.15, -0.1) is 0 Å². The van der Waals surface area contributed by atoms with E-state index in [1.165, 1.54) is 0 Å². The Bertz CT molecular complexity index is 459. The number of carbonyl (C=O) groups excluding carboxylic acids is 1. The van der Waals surface area contributed by atoms with E-state index in [2.05, 4.69) is 15.6 Å². The van der Waals surface area contributed by atoms with Gasteiger partial charge in [0.05, 0.1) is 0 Å². The molecule has 1 aromatic carbocycles. The van der Waals surface area contributed by atoms with E-state index in [-0.39, 0.29) is 0 Å². The first-order valence-corrected chi connectivity index (χ1v) is 5.17. The summed E-state index contributed by atoms with van der Waals surface area (Å²) in [5, 5.41) is 11.5. The summed E-state index contributed by atoms with van der Waals surface area (Å²) in [6.07, 6.45) is 0.881. The van der Waals surface area contributed by atoms with Crippen molar-refractivity contribution in [2.24, 2.45) is 0 Å². The average molecular weight is 236 g/mol. The monoisotopic (exact) mass is 236 g/mol. The third kappa shape index (κ3) is 2.73. The number of rotatable bonds is 4. The zero-order chi connectivity index (χ0) is 12.3. The second-order valence-corrected chi connectivity index (χ2v) is 3.66. The maximum Gasteiger partial charge on any atom is 0.332 e. The van der Waals surface area contributed by atoms with Gasteiger partial charge in [-0.25, -0.2) is 10.3 Å². The molecular weight excluding hydrogens is 224 g/mol. The molecule has 0 aliphatic carbocycles. The molecule has 1 amide bonds. The van der Waals surface area contributed by atoms with Crippen LogP contribution in [0, 0.1) is 0 Å². The molecule has 3 N–H and O–H groups in total. The van der Waals surface area contributed by atoms with Gasteiger partial charge in [0, 0.05) is 17.8 Å². The maximum atomic E-state index is 11.6. The normalized spacial score (nSPS) is 12.7. The van der Waals surface area contributed by atoms with Crippen molar-refractivity contribution >= 4 is 17.6 Å². The zero-order valence-corrected chi connectivity index (χ0v) is 9.03. The summed E-state index contributed by atoms with van der Waals surface area (Å²) in [5.41, 5.74) is 4.65. The molecule has 0 aromatic heterocycles. The highest BCUT2D eigenvalue weighted by Crippen LogP contribution is 2.22. The molecule has 1 aromatic rings. The highest BCUT2D eigenvalue weighted by atomic mass is 16.7. The van der Waals surface area contributed by atoms with Crippen molar-refractivity contribution in [1.29, 1.82) is 0 Å². The second kappa shape index (κ2) is 4.84. The fourth-order valence-electron chi connectivity index (χ4n) is 1.67. The SMILES string of the molecule is O=C(O)CONC(=O)c1ccc2c(c1)CCN2. The molecule has 2 rings (SSSR count). The number of carboxylic acid groups (broad SMARTS) is 1. The minimum absolute atomic E-state index is 0.444. The van der Waals surface area contributed by atoms with Crippen LogP contribution in [0.4, 0.5) is 5.69 Å². The number of carbonyl (C=O) groups is 2. The molecule has 0 saturated carbocycles. The van der Waals surface area contributed by atoms with Crippen LogP contribution >= 0.6 is 0 Å². The van der Waals surface area contributed by atoms with E-state index in [1.54, 1.807) is 12.1 Å². The molecule has 6 nitrogen and oxygen atoms in total. The number of hydrogen-bond donors (Lipinski definition) is 3. The zero-order valence-electron chi connectivity index (χ0n) is 9.03. The lowest BCUT2D eigenvalue weighted by Crippen LogP contribution is -2.26. The van der Waals surface area contributed by atoms with Crippen LogP contribution in [0.1, 0.15) is 15.9 Å². The van der Waals surface area contributed by atoms with Gasteiger partial charge in [0.15, 0.2) is 6.61 Å². The summed E-state index contributed by atoms with van der Waals surface area (Å²) in [5.74, 6) is -1.58. The van der Waals surface area contributed by atoms with Crippen LogP contribution in [0.25, 0.3) is 0 Å². The third-order valence-electron chi connectivity index (χ3n) is 2.44. The summed E-state index contributed by atoms with van der Waals surface area (Å²) >= 11 is 0. The highest BCUT2D eigenvalue weighted by Gasteiger charge is 2.13. The van der Waals surface area contributed by atoms with Gasteiger partial charge in [-0.1, -0.05) is 0 Å². The van der Waals surface area contributed by atoms with Crippen LogP contribution in [0.15, 0.2) is 18.2 Å². The van der Waals surface area contributed by atoms with E-state index in [0.717, 1.165) is 24.2 Å². The third-order valence-corrected chi connectivity index (χ3v) is 2.44. The lowest BCUT2D eigenvalue weighted by atomic mass is 10.1. The number of carboxylic acids is 1. The van der Waals surface area contributed by atoms with Crippen LogP contribution in [0.3, 0.4) is 0 Å². The predicted molar refractivity (Wildman–Crippen MR) is 59.7 cm³/mol. The molecule has 0 fully saturated rings. The van der Waals surface area contributed by atoms with Gasteiger partial charge >= 0.3 is 5.97 Å². The number of anilines is 1. The maximum absolute atomic E-state index is 11.6. The molecule has 1 heterocycles.